The minimum atomic E-state index is -0.503. The Hall–Kier alpha value is -2.90. The molecular formula is C24H29NO7. The van der Waals surface area contributed by atoms with E-state index in [0.29, 0.717) is 24.3 Å². The Balaban J connectivity index is 1.71. The van der Waals surface area contributed by atoms with Crippen LogP contribution in [0.25, 0.3) is 0 Å². The molecular weight excluding hydrogens is 414 g/mol. The lowest BCUT2D eigenvalue weighted by Crippen LogP contribution is -2.47. The topological polar surface area (TPSA) is 111 Å². The summed E-state index contributed by atoms with van der Waals surface area (Å²) >= 11 is 0. The Bertz CT molecular complexity index is 987. The van der Waals surface area contributed by atoms with Gasteiger partial charge in [0.05, 0.1) is 5.71 Å². The third-order valence-electron chi connectivity index (χ3n) is 7.51. The molecule has 0 amide bonds. The van der Waals surface area contributed by atoms with Gasteiger partial charge in [-0.1, -0.05) is 18.1 Å². The molecule has 0 bridgehead atoms. The van der Waals surface area contributed by atoms with Crippen LogP contribution in [0.2, 0.25) is 0 Å². The number of fused-ring (bicyclic) bond motifs is 5. The Labute approximate surface area is 186 Å². The number of hydrogen-bond acceptors (Lipinski definition) is 8. The van der Waals surface area contributed by atoms with Crippen LogP contribution in [0, 0.1) is 17.3 Å². The van der Waals surface area contributed by atoms with Crippen LogP contribution in [0.4, 0.5) is 0 Å². The molecule has 2 saturated carbocycles. The molecule has 0 aromatic heterocycles. The van der Waals surface area contributed by atoms with E-state index in [2.05, 4.69) is 12.1 Å². The van der Waals surface area contributed by atoms with Gasteiger partial charge < -0.3 is 19.4 Å². The number of hydrogen-bond donors (Lipinski definition) is 1. The quantitative estimate of drug-likeness (QED) is 0.329. The largest absolute Gasteiger partial charge is 0.459 e. The van der Waals surface area contributed by atoms with Crippen LogP contribution >= 0.6 is 0 Å². The molecule has 0 aliphatic heterocycles. The first-order valence-corrected chi connectivity index (χ1v) is 11.0. The minimum Gasteiger partial charge on any atom is -0.459 e. The number of oxime groups is 1. The van der Waals surface area contributed by atoms with Gasteiger partial charge in [0, 0.05) is 31.7 Å². The fraction of sp³-hybridized carbons (Fsp3) is 0.583. The monoisotopic (exact) mass is 443 g/mol. The molecule has 0 saturated heterocycles. The summed E-state index contributed by atoms with van der Waals surface area (Å²) in [5.41, 5.74) is 2.05. The molecule has 3 aliphatic carbocycles. The lowest BCUT2D eigenvalue weighted by molar-refractivity contribution is -0.171. The van der Waals surface area contributed by atoms with Crippen molar-refractivity contribution >= 4 is 23.6 Å². The van der Waals surface area contributed by atoms with E-state index in [-0.39, 0.29) is 29.1 Å². The maximum atomic E-state index is 11.9. The number of esters is 3. The maximum absolute atomic E-state index is 11.9. The Kier molecular flexibility index (Phi) is 5.73. The molecule has 172 valence electrons. The standard InChI is InChI=1S/C24H29NO7/c1-12(26)30-15-5-6-16-17-7-8-24(4)20(18(17)10-21(25-29)19(16)9-15)11-22(31-13(2)27)23(24)32-14(3)28/h5-6,9,17-18,20,22-23,29H,7-8,10-11H2,1-4H3/b25-21+/t17-,18-,20+,22-,23+,24+/m1/s1. The van der Waals surface area contributed by atoms with Crippen LogP contribution in [0.5, 0.6) is 5.75 Å². The van der Waals surface area contributed by atoms with Gasteiger partial charge in [0.15, 0.2) is 0 Å². The molecule has 1 aromatic carbocycles. The molecule has 32 heavy (non-hydrogen) atoms. The summed E-state index contributed by atoms with van der Waals surface area (Å²) in [6.07, 6.45) is 1.81. The highest BCUT2D eigenvalue weighted by Crippen LogP contribution is 2.62. The van der Waals surface area contributed by atoms with E-state index in [1.54, 1.807) is 12.1 Å². The fourth-order valence-corrected chi connectivity index (χ4v) is 6.38. The second-order valence-electron chi connectivity index (χ2n) is 9.43. The van der Waals surface area contributed by atoms with Gasteiger partial charge in [-0.15, -0.1) is 0 Å². The number of rotatable bonds is 3. The zero-order valence-electron chi connectivity index (χ0n) is 18.8. The van der Waals surface area contributed by atoms with E-state index in [9.17, 15) is 19.6 Å². The summed E-state index contributed by atoms with van der Waals surface area (Å²) in [4.78, 5) is 35.0. The molecule has 2 fully saturated rings. The van der Waals surface area contributed by atoms with Gasteiger partial charge in [0.1, 0.15) is 18.0 Å². The normalized spacial score (nSPS) is 34.1. The van der Waals surface area contributed by atoms with Crippen LogP contribution in [0.3, 0.4) is 0 Å². The first-order chi connectivity index (χ1) is 15.1. The summed E-state index contributed by atoms with van der Waals surface area (Å²) in [7, 11) is 0. The van der Waals surface area contributed by atoms with E-state index in [0.717, 1.165) is 24.0 Å². The number of ether oxygens (including phenoxy) is 3. The lowest BCUT2D eigenvalue weighted by Gasteiger charge is -2.50. The van der Waals surface area contributed by atoms with Crippen LogP contribution in [0.1, 0.15) is 70.4 Å². The number of nitrogens with zero attached hydrogens (tertiary/aromatic N) is 1. The molecule has 0 heterocycles. The summed E-state index contributed by atoms with van der Waals surface area (Å²) < 4.78 is 16.5. The van der Waals surface area contributed by atoms with Gasteiger partial charge >= 0.3 is 17.9 Å². The molecule has 0 unspecified atom stereocenters. The highest BCUT2D eigenvalue weighted by molar-refractivity contribution is 6.03. The van der Waals surface area contributed by atoms with Gasteiger partial charge in [-0.2, -0.15) is 0 Å². The molecule has 4 rings (SSSR count). The third-order valence-corrected chi connectivity index (χ3v) is 7.51. The fourth-order valence-electron chi connectivity index (χ4n) is 6.38. The second kappa shape index (κ2) is 8.22. The number of benzene rings is 1. The van der Waals surface area contributed by atoms with Crippen molar-refractivity contribution in [2.24, 2.45) is 22.4 Å². The lowest BCUT2D eigenvalue weighted by atomic mass is 9.55. The molecule has 0 spiro atoms. The van der Waals surface area contributed by atoms with Gasteiger partial charge in [-0.3, -0.25) is 14.4 Å². The summed E-state index contributed by atoms with van der Waals surface area (Å²) in [5, 5.41) is 13.4. The maximum Gasteiger partial charge on any atom is 0.308 e. The van der Waals surface area contributed by atoms with Crippen molar-refractivity contribution in [3.05, 3.63) is 29.3 Å². The molecule has 3 aliphatic rings. The average Bonchev–Trinajstić information content (AvgIpc) is 2.97. The predicted octanol–water partition coefficient (Wildman–Crippen LogP) is 3.58. The van der Waals surface area contributed by atoms with Gasteiger partial charge in [0.25, 0.3) is 0 Å². The smallest absolute Gasteiger partial charge is 0.308 e. The Morgan fingerprint density at radius 1 is 1.09 bits per heavy atom. The minimum absolute atomic E-state index is 0.119. The van der Waals surface area contributed by atoms with Crippen molar-refractivity contribution in [3.63, 3.8) is 0 Å². The van der Waals surface area contributed by atoms with E-state index in [1.165, 1.54) is 20.8 Å². The number of carbonyl (C=O) groups is 3. The average molecular weight is 443 g/mol. The summed E-state index contributed by atoms with van der Waals surface area (Å²) in [5.74, 6) is -0.292. The second-order valence-corrected chi connectivity index (χ2v) is 9.43. The molecule has 0 radical (unpaired) electrons. The molecule has 6 atom stereocenters. The highest BCUT2D eigenvalue weighted by Gasteiger charge is 2.61. The summed E-state index contributed by atoms with van der Waals surface area (Å²) in [6.45, 7) is 6.20. The first kappa shape index (κ1) is 22.3. The van der Waals surface area contributed by atoms with E-state index in [4.69, 9.17) is 14.2 Å². The van der Waals surface area contributed by atoms with E-state index in [1.807, 2.05) is 6.07 Å². The van der Waals surface area contributed by atoms with Gasteiger partial charge in [0.2, 0.25) is 0 Å². The highest BCUT2D eigenvalue weighted by atomic mass is 16.6. The molecule has 8 nitrogen and oxygen atoms in total. The van der Waals surface area contributed by atoms with Crippen molar-refractivity contribution in [2.75, 3.05) is 0 Å². The zero-order valence-corrected chi connectivity index (χ0v) is 18.8. The van der Waals surface area contributed by atoms with Crippen LogP contribution < -0.4 is 4.74 Å². The predicted molar refractivity (Wildman–Crippen MR) is 113 cm³/mol. The van der Waals surface area contributed by atoms with Crippen molar-refractivity contribution in [1.29, 1.82) is 0 Å². The first-order valence-electron chi connectivity index (χ1n) is 11.0. The van der Waals surface area contributed by atoms with E-state index < -0.39 is 24.1 Å². The molecule has 1 aromatic rings. The van der Waals surface area contributed by atoms with Crippen LogP contribution in [0.15, 0.2) is 23.4 Å². The van der Waals surface area contributed by atoms with E-state index >= 15 is 0 Å². The Morgan fingerprint density at radius 2 is 1.81 bits per heavy atom. The van der Waals surface area contributed by atoms with Gasteiger partial charge in [-0.05, 0) is 61.1 Å². The van der Waals surface area contributed by atoms with Crippen molar-refractivity contribution in [3.8, 4) is 5.75 Å². The van der Waals surface area contributed by atoms with Crippen LogP contribution in [-0.2, 0) is 23.9 Å². The number of carbonyl (C=O) groups excluding carboxylic acids is 3. The van der Waals surface area contributed by atoms with Gasteiger partial charge in [-0.25, -0.2) is 0 Å². The Morgan fingerprint density at radius 3 is 2.44 bits per heavy atom. The summed E-state index contributed by atoms with van der Waals surface area (Å²) in [6, 6.07) is 5.47. The van der Waals surface area contributed by atoms with Crippen molar-refractivity contribution in [2.45, 2.75) is 71.5 Å². The van der Waals surface area contributed by atoms with Crippen molar-refractivity contribution in [1.82, 2.24) is 0 Å². The third kappa shape index (κ3) is 3.76. The van der Waals surface area contributed by atoms with Crippen molar-refractivity contribution < 1.29 is 33.8 Å². The molecule has 8 heteroatoms. The molecule has 1 N–H and O–H groups in total. The van der Waals surface area contributed by atoms with Crippen LogP contribution in [-0.4, -0.2) is 41.0 Å². The SMILES string of the molecule is CC(=O)Oc1ccc2c(c1)/C(=N/O)C[C@@H]1[C@@H]2CC[C@@]2(C)[C@H]1C[C@@H](OC(C)=O)[C@@H]2OC(C)=O. The zero-order chi connectivity index (χ0) is 23.2.